The van der Waals surface area contributed by atoms with E-state index in [0.29, 0.717) is 11.1 Å². The lowest BCUT2D eigenvalue weighted by Gasteiger charge is -2.22. The summed E-state index contributed by atoms with van der Waals surface area (Å²) in [4.78, 5) is 26.1. The van der Waals surface area contributed by atoms with Gasteiger partial charge < -0.3 is 10.1 Å². The number of nitrogens with one attached hydrogen (secondary N) is 1. The Kier molecular flexibility index (Phi) is 4.35. The van der Waals surface area contributed by atoms with Crippen LogP contribution in [0, 0.1) is 0 Å². The third-order valence-electron chi connectivity index (χ3n) is 4.12. The lowest BCUT2D eigenvalue weighted by atomic mass is 9.92. The average Bonchev–Trinajstić information content (AvgIpc) is 2.80. The van der Waals surface area contributed by atoms with Gasteiger partial charge in [-0.1, -0.05) is 42.5 Å². The Balaban J connectivity index is 1.76. The monoisotopic (exact) mass is 364 g/mol. The van der Waals surface area contributed by atoms with Gasteiger partial charge in [-0.2, -0.15) is 0 Å². The third-order valence-corrected chi connectivity index (χ3v) is 4.12. The number of benzene rings is 2. The first-order chi connectivity index (χ1) is 12.2. The molecule has 1 N–H and O–H groups in total. The number of carbonyl (C=O) groups is 2. The molecule has 136 valence electrons. The van der Waals surface area contributed by atoms with Crippen molar-refractivity contribution in [2.45, 2.75) is 25.4 Å². The summed E-state index contributed by atoms with van der Waals surface area (Å²) in [5.41, 5.74) is -0.0346. The van der Waals surface area contributed by atoms with Crippen LogP contribution in [0.4, 0.5) is 18.0 Å². The molecule has 3 rings (SSSR count). The Morgan fingerprint density at radius 2 is 1.65 bits per heavy atom. The molecule has 1 aliphatic rings. The van der Waals surface area contributed by atoms with Gasteiger partial charge in [0.2, 0.25) is 0 Å². The number of ether oxygens (including phenoxy) is 1. The van der Waals surface area contributed by atoms with Crippen LogP contribution >= 0.6 is 0 Å². The molecule has 0 aromatic heterocycles. The van der Waals surface area contributed by atoms with Gasteiger partial charge in [0, 0.05) is 0 Å². The maximum Gasteiger partial charge on any atom is 0.573 e. The molecule has 26 heavy (non-hydrogen) atoms. The minimum absolute atomic E-state index is 0.0562. The lowest BCUT2D eigenvalue weighted by Crippen LogP contribution is -2.40. The van der Waals surface area contributed by atoms with E-state index in [1.165, 1.54) is 12.1 Å². The van der Waals surface area contributed by atoms with Gasteiger partial charge >= 0.3 is 12.4 Å². The average molecular weight is 364 g/mol. The molecule has 0 bridgehead atoms. The van der Waals surface area contributed by atoms with Gasteiger partial charge in [0.05, 0.1) is 6.54 Å². The molecule has 2 aromatic rings. The summed E-state index contributed by atoms with van der Waals surface area (Å²) in [6, 6.07) is 13.3. The fourth-order valence-corrected chi connectivity index (χ4v) is 2.79. The number of rotatable bonds is 4. The van der Waals surface area contributed by atoms with E-state index in [1.54, 1.807) is 37.3 Å². The molecule has 8 heteroatoms. The van der Waals surface area contributed by atoms with Crippen molar-refractivity contribution in [1.29, 1.82) is 0 Å². The lowest BCUT2D eigenvalue weighted by molar-refractivity contribution is -0.274. The van der Waals surface area contributed by atoms with E-state index < -0.39 is 23.8 Å². The second kappa shape index (κ2) is 6.36. The summed E-state index contributed by atoms with van der Waals surface area (Å²) >= 11 is 0. The topological polar surface area (TPSA) is 58.6 Å². The number of imide groups is 1. The van der Waals surface area contributed by atoms with Crippen LogP contribution in [0.3, 0.4) is 0 Å². The van der Waals surface area contributed by atoms with Crippen molar-refractivity contribution in [1.82, 2.24) is 10.2 Å². The second-order valence-corrected chi connectivity index (χ2v) is 6.00. The molecule has 0 spiro atoms. The highest BCUT2D eigenvalue weighted by atomic mass is 19.4. The highest BCUT2D eigenvalue weighted by Crippen LogP contribution is 2.30. The highest BCUT2D eigenvalue weighted by Gasteiger charge is 2.48. The number of urea groups is 1. The summed E-state index contributed by atoms with van der Waals surface area (Å²) in [5.74, 6) is -0.795. The van der Waals surface area contributed by atoms with Crippen LogP contribution in [0.25, 0.3) is 0 Å². The number of amides is 3. The van der Waals surface area contributed by atoms with Crippen LogP contribution < -0.4 is 10.1 Å². The minimum atomic E-state index is -4.77. The summed E-state index contributed by atoms with van der Waals surface area (Å²) in [7, 11) is 0. The normalized spacial score (nSPS) is 20.2. The van der Waals surface area contributed by atoms with Crippen molar-refractivity contribution >= 4 is 11.9 Å². The minimum Gasteiger partial charge on any atom is -0.406 e. The third kappa shape index (κ3) is 3.49. The van der Waals surface area contributed by atoms with Crippen molar-refractivity contribution in [2.75, 3.05) is 0 Å². The van der Waals surface area contributed by atoms with E-state index in [-0.39, 0.29) is 12.3 Å². The van der Waals surface area contributed by atoms with Crippen molar-refractivity contribution < 1.29 is 27.5 Å². The van der Waals surface area contributed by atoms with Crippen molar-refractivity contribution in [2.24, 2.45) is 0 Å². The van der Waals surface area contributed by atoms with Crippen LogP contribution in [-0.4, -0.2) is 23.2 Å². The van der Waals surface area contributed by atoms with Crippen LogP contribution in [0.15, 0.2) is 54.6 Å². The quantitative estimate of drug-likeness (QED) is 0.844. The Bertz CT molecular complexity index is 822. The van der Waals surface area contributed by atoms with Gasteiger partial charge in [-0.15, -0.1) is 13.2 Å². The number of hydrogen-bond donors (Lipinski definition) is 1. The van der Waals surface area contributed by atoms with Gasteiger partial charge in [0.25, 0.3) is 5.91 Å². The van der Waals surface area contributed by atoms with E-state index in [0.717, 1.165) is 17.0 Å². The molecule has 1 atom stereocenters. The summed E-state index contributed by atoms with van der Waals surface area (Å²) in [6.07, 6.45) is -4.77. The number of hydrogen-bond acceptors (Lipinski definition) is 3. The smallest absolute Gasteiger partial charge is 0.406 e. The standard InChI is InChI=1S/C18H15F3N2O3/c1-17(13-5-3-2-4-6-13)15(24)23(16(25)22-17)11-12-7-9-14(10-8-12)26-18(19,20)21/h2-10H,11H2,1H3,(H,22,25). The largest absolute Gasteiger partial charge is 0.573 e. The highest BCUT2D eigenvalue weighted by molar-refractivity contribution is 6.07. The molecule has 0 saturated carbocycles. The van der Waals surface area contributed by atoms with Crippen LogP contribution in [0.2, 0.25) is 0 Å². The zero-order valence-corrected chi connectivity index (χ0v) is 13.7. The Labute approximate surface area is 147 Å². The van der Waals surface area contributed by atoms with Gasteiger partial charge in [-0.3, -0.25) is 9.69 Å². The van der Waals surface area contributed by atoms with Gasteiger partial charge in [0.1, 0.15) is 11.3 Å². The first kappa shape index (κ1) is 17.8. The van der Waals surface area contributed by atoms with Crippen molar-refractivity contribution in [3.8, 4) is 5.75 Å². The predicted molar refractivity (Wildman–Crippen MR) is 86.0 cm³/mol. The molecular weight excluding hydrogens is 349 g/mol. The summed E-state index contributed by atoms with van der Waals surface area (Å²) < 4.78 is 40.4. The SMILES string of the molecule is CC1(c2ccccc2)NC(=O)N(Cc2ccc(OC(F)(F)F)cc2)C1=O. The second-order valence-electron chi connectivity index (χ2n) is 6.00. The number of alkyl halides is 3. The Morgan fingerprint density at radius 3 is 2.23 bits per heavy atom. The molecule has 5 nitrogen and oxygen atoms in total. The molecule has 2 aromatic carbocycles. The van der Waals surface area contributed by atoms with Crippen molar-refractivity contribution in [3.63, 3.8) is 0 Å². The maximum absolute atomic E-state index is 12.8. The van der Waals surface area contributed by atoms with Crippen LogP contribution in [-0.2, 0) is 16.9 Å². The number of nitrogens with zero attached hydrogens (tertiary/aromatic N) is 1. The van der Waals surface area contributed by atoms with E-state index in [1.807, 2.05) is 0 Å². The number of carbonyl (C=O) groups excluding carboxylic acids is 2. The van der Waals surface area contributed by atoms with Gasteiger partial charge in [-0.25, -0.2) is 4.79 Å². The van der Waals surface area contributed by atoms with Crippen molar-refractivity contribution in [3.05, 3.63) is 65.7 Å². The van der Waals surface area contributed by atoms with E-state index in [9.17, 15) is 22.8 Å². The predicted octanol–water partition coefficient (Wildman–Crippen LogP) is 3.55. The van der Waals surface area contributed by atoms with Gasteiger partial charge in [-0.05, 0) is 30.2 Å². The van der Waals surface area contributed by atoms with Crippen LogP contribution in [0.5, 0.6) is 5.75 Å². The fourth-order valence-electron chi connectivity index (χ4n) is 2.79. The Morgan fingerprint density at radius 1 is 1.04 bits per heavy atom. The molecule has 1 saturated heterocycles. The molecule has 1 heterocycles. The molecule has 1 aliphatic heterocycles. The summed E-state index contributed by atoms with van der Waals surface area (Å²) in [6.45, 7) is 1.56. The maximum atomic E-state index is 12.8. The molecule has 1 fully saturated rings. The first-order valence-electron chi connectivity index (χ1n) is 7.73. The summed E-state index contributed by atoms with van der Waals surface area (Å²) in [5, 5.41) is 2.67. The van der Waals surface area contributed by atoms with E-state index in [2.05, 4.69) is 10.1 Å². The fraction of sp³-hybridized carbons (Fsp3) is 0.222. The first-order valence-corrected chi connectivity index (χ1v) is 7.73. The zero-order chi connectivity index (χ0) is 18.9. The Hall–Kier alpha value is -3.03. The van der Waals surface area contributed by atoms with Crippen LogP contribution in [0.1, 0.15) is 18.1 Å². The zero-order valence-electron chi connectivity index (χ0n) is 13.7. The molecular formula is C18H15F3N2O3. The molecule has 0 radical (unpaired) electrons. The van der Waals surface area contributed by atoms with Gasteiger partial charge in [0.15, 0.2) is 0 Å². The molecule has 1 unspecified atom stereocenters. The van der Waals surface area contributed by atoms with E-state index in [4.69, 9.17) is 0 Å². The number of halogens is 3. The molecule has 3 amide bonds. The van der Waals surface area contributed by atoms with E-state index >= 15 is 0 Å². The molecule has 0 aliphatic carbocycles.